The highest BCUT2D eigenvalue weighted by atomic mass is 35.5. The number of carboxylic acids is 1. The topological polar surface area (TPSA) is 130 Å². The third-order valence-corrected chi connectivity index (χ3v) is 4.38. The Kier molecular flexibility index (Phi) is 6.33. The summed E-state index contributed by atoms with van der Waals surface area (Å²) in [6.07, 6.45) is 1.31. The van der Waals surface area contributed by atoms with E-state index in [0.29, 0.717) is 24.0 Å². The maximum atomic E-state index is 11.3. The van der Waals surface area contributed by atoms with E-state index in [0.717, 1.165) is 22.3 Å². The van der Waals surface area contributed by atoms with Gasteiger partial charge in [0.1, 0.15) is 17.2 Å². The van der Waals surface area contributed by atoms with E-state index in [1.54, 1.807) is 6.92 Å². The predicted octanol–water partition coefficient (Wildman–Crippen LogP) is 3.36. The standard InChI is InChI=1S/C20H17N7O2.ClH/c1-12-21-11-17(20(28)29)18(23-12)22-10-13-6-8-14(9-7-13)15-4-2-3-5-16(15)19-24-26-27-25-19;/h2-9,11H,10H2,1H3,(H,28,29)(H,21,22,23)(H,24,25,26,27);1H. The Bertz CT molecular complexity index is 1150. The number of anilines is 1. The maximum absolute atomic E-state index is 11.3. The van der Waals surface area contributed by atoms with Crippen LogP contribution in [0.4, 0.5) is 5.82 Å². The Hall–Kier alpha value is -3.85. The summed E-state index contributed by atoms with van der Waals surface area (Å²) < 4.78 is 0. The lowest BCUT2D eigenvalue weighted by Gasteiger charge is -2.10. The highest BCUT2D eigenvalue weighted by Crippen LogP contribution is 2.29. The quantitative estimate of drug-likeness (QED) is 0.430. The van der Waals surface area contributed by atoms with Gasteiger partial charge in [0, 0.05) is 18.3 Å². The number of nitrogens with zero attached hydrogens (tertiary/aromatic N) is 5. The van der Waals surface area contributed by atoms with E-state index in [1.807, 2.05) is 48.5 Å². The van der Waals surface area contributed by atoms with Gasteiger partial charge in [-0.25, -0.2) is 14.8 Å². The zero-order valence-electron chi connectivity index (χ0n) is 15.9. The van der Waals surface area contributed by atoms with Crippen LogP contribution in [0.25, 0.3) is 22.5 Å². The predicted molar refractivity (Wildman–Crippen MR) is 113 cm³/mol. The van der Waals surface area contributed by atoms with Crippen molar-refractivity contribution in [2.24, 2.45) is 0 Å². The Labute approximate surface area is 178 Å². The van der Waals surface area contributed by atoms with Gasteiger partial charge >= 0.3 is 5.97 Å². The minimum absolute atomic E-state index is 0. The number of aromatic amines is 1. The molecule has 0 aliphatic heterocycles. The number of tetrazole rings is 1. The number of halogens is 1. The fraction of sp³-hybridized carbons (Fsp3) is 0.100. The first-order chi connectivity index (χ1) is 14.1. The summed E-state index contributed by atoms with van der Waals surface area (Å²) in [6.45, 7) is 2.15. The summed E-state index contributed by atoms with van der Waals surface area (Å²) in [7, 11) is 0. The van der Waals surface area contributed by atoms with Gasteiger partial charge in [0.05, 0.1) is 0 Å². The number of carboxylic acid groups (broad SMARTS) is 1. The first-order valence-corrected chi connectivity index (χ1v) is 8.85. The van der Waals surface area contributed by atoms with Gasteiger partial charge in [-0.1, -0.05) is 48.5 Å². The molecule has 30 heavy (non-hydrogen) atoms. The molecule has 3 N–H and O–H groups in total. The van der Waals surface area contributed by atoms with Crippen molar-refractivity contribution in [3.05, 3.63) is 71.7 Å². The molecule has 2 aromatic heterocycles. The minimum Gasteiger partial charge on any atom is -0.477 e. The molecule has 2 aromatic carbocycles. The molecule has 2 heterocycles. The average Bonchev–Trinajstić information content (AvgIpc) is 3.27. The van der Waals surface area contributed by atoms with Gasteiger partial charge in [0.25, 0.3) is 0 Å². The lowest BCUT2D eigenvalue weighted by atomic mass is 9.98. The van der Waals surface area contributed by atoms with Gasteiger partial charge in [-0.3, -0.25) is 0 Å². The minimum atomic E-state index is -1.07. The van der Waals surface area contributed by atoms with Crippen molar-refractivity contribution in [1.82, 2.24) is 30.6 Å². The third kappa shape index (κ3) is 4.41. The fourth-order valence-electron chi connectivity index (χ4n) is 2.95. The lowest BCUT2D eigenvalue weighted by molar-refractivity contribution is 0.0697. The van der Waals surface area contributed by atoms with Crippen LogP contribution in [0.3, 0.4) is 0 Å². The van der Waals surface area contributed by atoms with E-state index in [1.165, 1.54) is 6.20 Å². The van der Waals surface area contributed by atoms with E-state index >= 15 is 0 Å². The first-order valence-electron chi connectivity index (χ1n) is 8.85. The number of aryl methyl sites for hydroxylation is 1. The van der Waals surface area contributed by atoms with Crippen molar-refractivity contribution >= 4 is 24.2 Å². The highest BCUT2D eigenvalue weighted by Gasteiger charge is 2.13. The Morgan fingerprint density at radius 2 is 1.83 bits per heavy atom. The van der Waals surface area contributed by atoms with E-state index in [9.17, 15) is 9.90 Å². The fourth-order valence-corrected chi connectivity index (χ4v) is 2.95. The largest absolute Gasteiger partial charge is 0.477 e. The second kappa shape index (κ2) is 9.10. The summed E-state index contributed by atoms with van der Waals surface area (Å²) in [6, 6.07) is 15.8. The molecule has 0 radical (unpaired) electrons. The zero-order chi connectivity index (χ0) is 20.2. The first kappa shape index (κ1) is 20.9. The number of nitrogens with one attached hydrogen (secondary N) is 2. The molecule has 0 fully saturated rings. The number of hydrogen-bond donors (Lipinski definition) is 3. The Balaban J connectivity index is 0.00000256. The smallest absolute Gasteiger partial charge is 0.341 e. The number of H-pyrrole nitrogens is 1. The van der Waals surface area contributed by atoms with Gasteiger partial charge in [0.15, 0.2) is 0 Å². The number of rotatable bonds is 6. The van der Waals surface area contributed by atoms with Crippen molar-refractivity contribution in [3.8, 4) is 22.5 Å². The van der Waals surface area contributed by atoms with Crippen molar-refractivity contribution in [1.29, 1.82) is 0 Å². The van der Waals surface area contributed by atoms with Gasteiger partial charge < -0.3 is 10.4 Å². The Morgan fingerprint density at radius 3 is 2.50 bits per heavy atom. The molecule has 0 aliphatic carbocycles. The molecule has 4 aromatic rings. The maximum Gasteiger partial charge on any atom is 0.341 e. The van der Waals surface area contributed by atoms with Crippen molar-refractivity contribution in [3.63, 3.8) is 0 Å². The summed E-state index contributed by atoms with van der Waals surface area (Å²) in [5.74, 6) is 0.273. The van der Waals surface area contributed by atoms with Crippen molar-refractivity contribution in [2.45, 2.75) is 13.5 Å². The summed E-state index contributed by atoms with van der Waals surface area (Å²) in [5.41, 5.74) is 3.92. The molecule has 0 saturated heterocycles. The van der Waals surface area contributed by atoms with Crippen LogP contribution in [-0.2, 0) is 6.54 Å². The van der Waals surface area contributed by atoms with E-state index in [2.05, 4.69) is 35.9 Å². The average molecular weight is 424 g/mol. The van der Waals surface area contributed by atoms with Crippen LogP contribution in [-0.4, -0.2) is 41.7 Å². The zero-order valence-corrected chi connectivity index (χ0v) is 16.7. The van der Waals surface area contributed by atoms with Crippen molar-refractivity contribution < 1.29 is 9.90 Å². The van der Waals surface area contributed by atoms with E-state index in [4.69, 9.17) is 0 Å². The lowest BCUT2D eigenvalue weighted by Crippen LogP contribution is -2.10. The molecule has 4 rings (SSSR count). The van der Waals surface area contributed by atoms with Crippen LogP contribution in [0, 0.1) is 6.92 Å². The summed E-state index contributed by atoms with van der Waals surface area (Å²) in [4.78, 5) is 19.5. The second-order valence-electron chi connectivity index (χ2n) is 6.32. The number of aromatic carboxylic acids is 1. The van der Waals surface area contributed by atoms with Crippen LogP contribution in [0.2, 0.25) is 0 Å². The van der Waals surface area contributed by atoms with Crippen LogP contribution in [0.5, 0.6) is 0 Å². The Morgan fingerprint density at radius 1 is 1.10 bits per heavy atom. The number of carbonyl (C=O) groups is 1. The number of benzene rings is 2. The molecule has 0 unspecified atom stereocenters. The SMILES string of the molecule is Cc1ncc(C(=O)O)c(NCc2ccc(-c3ccccc3-c3nn[nH]n3)cc2)n1.Cl. The highest BCUT2D eigenvalue weighted by molar-refractivity contribution is 5.92. The molecule has 10 heteroatoms. The van der Waals surface area contributed by atoms with Gasteiger partial charge in [-0.15, -0.1) is 22.6 Å². The molecule has 0 bridgehead atoms. The van der Waals surface area contributed by atoms with E-state index in [-0.39, 0.29) is 18.0 Å². The molecule has 0 aliphatic rings. The van der Waals surface area contributed by atoms with Crippen LogP contribution >= 0.6 is 12.4 Å². The molecule has 0 amide bonds. The number of hydrogen-bond acceptors (Lipinski definition) is 7. The van der Waals surface area contributed by atoms with Crippen LogP contribution in [0.15, 0.2) is 54.7 Å². The van der Waals surface area contributed by atoms with Gasteiger partial charge in [-0.2, -0.15) is 5.21 Å². The number of aromatic nitrogens is 6. The molecule has 9 nitrogen and oxygen atoms in total. The van der Waals surface area contributed by atoms with Gasteiger partial charge in [-0.05, 0) is 28.8 Å². The van der Waals surface area contributed by atoms with Crippen molar-refractivity contribution in [2.75, 3.05) is 5.32 Å². The molecular weight excluding hydrogens is 406 g/mol. The van der Waals surface area contributed by atoms with Gasteiger partial charge in [0.2, 0.25) is 5.82 Å². The van der Waals surface area contributed by atoms with Crippen LogP contribution < -0.4 is 5.32 Å². The molecule has 0 atom stereocenters. The van der Waals surface area contributed by atoms with Crippen LogP contribution in [0.1, 0.15) is 21.7 Å². The normalized spacial score (nSPS) is 10.3. The molecule has 0 spiro atoms. The molecule has 0 saturated carbocycles. The monoisotopic (exact) mass is 423 g/mol. The second-order valence-corrected chi connectivity index (χ2v) is 6.32. The van der Waals surface area contributed by atoms with E-state index < -0.39 is 5.97 Å². The third-order valence-electron chi connectivity index (χ3n) is 4.38. The summed E-state index contributed by atoms with van der Waals surface area (Å²) >= 11 is 0. The molecular formula is C20H18ClN7O2. The summed E-state index contributed by atoms with van der Waals surface area (Å²) in [5, 5.41) is 26.6. The molecule has 152 valence electrons.